The van der Waals surface area contributed by atoms with Gasteiger partial charge in [-0.25, -0.2) is 0 Å². The lowest BCUT2D eigenvalue weighted by Crippen LogP contribution is -2.15. The van der Waals surface area contributed by atoms with Gasteiger partial charge >= 0.3 is 0 Å². The van der Waals surface area contributed by atoms with Gasteiger partial charge in [0, 0.05) is 11.4 Å². The third-order valence-corrected chi connectivity index (χ3v) is 11.3. The SMILES string of the molecule is CCC(C)(C)c1cccc(O)c1Cl.CCCCCCCc1cccc(O)c1Cl.CCCCCCc1cccc(O)c1Cl.Oc1ccc(Cl)cc1Cc1ccccc1. The molecule has 5 rings (SSSR count). The summed E-state index contributed by atoms with van der Waals surface area (Å²) in [4.78, 5) is 0. The second-order valence-electron chi connectivity index (χ2n) is 14.8. The minimum Gasteiger partial charge on any atom is -0.508 e. The van der Waals surface area contributed by atoms with E-state index in [4.69, 9.17) is 46.4 Å². The zero-order valence-corrected chi connectivity index (χ0v) is 37.3. The Hall–Kier alpha value is -3.54. The average molecular weight is 857 g/mol. The maximum absolute atomic E-state index is 9.64. The first-order valence-corrected chi connectivity index (χ1v) is 21.7. The summed E-state index contributed by atoms with van der Waals surface area (Å²) in [6.45, 7) is 10.8. The molecule has 310 valence electrons. The standard InChI is InChI=1S/C13H11ClO.C13H19ClO.C12H17ClO.C11H15ClO/c14-12-6-7-13(15)11(9-12)8-10-4-2-1-3-5-10;1-2-3-4-5-6-8-11-9-7-10-12(15)13(11)14;1-2-3-4-5-7-10-8-6-9-11(14)12(10)13;1-4-11(2,3)8-6-5-7-9(13)10(8)12/h1-7,9,15H,8H2;7,9-10,15H,2-6,8H2,1H3;6,8-9,14H,2-5,7H2,1H3;5-7,13H,4H2,1-3H3. The van der Waals surface area contributed by atoms with E-state index in [-0.39, 0.29) is 22.7 Å². The molecular weight excluding hydrogens is 794 g/mol. The van der Waals surface area contributed by atoms with E-state index in [0.717, 1.165) is 59.9 Å². The molecule has 0 unspecified atom stereocenters. The number of hydrogen-bond donors (Lipinski definition) is 4. The van der Waals surface area contributed by atoms with Crippen LogP contribution in [0, 0.1) is 0 Å². The lowest BCUT2D eigenvalue weighted by molar-refractivity contribution is 0.465. The van der Waals surface area contributed by atoms with Crippen molar-refractivity contribution < 1.29 is 20.4 Å². The van der Waals surface area contributed by atoms with Gasteiger partial charge in [-0.3, -0.25) is 0 Å². The van der Waals surface area contributed by atoms with Gasteiger partial charge in [0.1, 0.15) is 23.0 Å². The van der Waals surface area contributed by atoms with E-state index < -0.39 is 0 Å². The van der Waals surface area contributed by atoms with Crippen molar-refractivity contribution >= 4 is 46.4 Å². The Kier molecular flexibility index (Phi) is 23.7. The van der Waals surface area contributed by atoms with Crippen LogP contribution in [0.15, 0.2) is 103 Å². The van der Waals surface area contributed by atoms with Crippen LogP contribution in [-0.2, 0) is 24.7 Å². The first kappa shape index (κ1) is 49.6. The van der Waals surface area contributed by atoms with Crippen LogP contribution in [0.25, 0.3) is 0 Å². The smallest absolute Gasteiger partial charge is 0.134 e. The van der Waals surface area contributed by atoms with Crippen LogP contribution in [-0.4, -0.2) is 20.4 Å². The van der Waals surface area contributed by atoms with E-state index >= 15 is 0 Å². The summed E-state index contributed by atoms with van der Waals surface area (Å²) >= 11 is 23.8. The van der Waals surface area contributed by atoms with E-state index in [0.29, 0.717) is 32.3 Å². The molecular formula is C49H62Cl4O4. The average Bonchev–Trinajstić information content (AvgIpc) is 3.20. The van der Waals surface area contributed by atoms with Crippen LogP contribution in [0.2, 0.25) is 20.1 Å². The van der Waals surface area contributed by atoms with Crippen LogP contribution < -0.4 is 0 Å². The number of aromatic hydroxyl groups is 4. The number of aryl methyl sites for hydroxylation is 2. The Morgan fingerprint density at radius 1 is 0.456 bits per heavy atom. The number of unbranched alkanes of at least 4 members (excludes halogenated alkanes) is 7. The number of hydrogen-bond acceptors (Lipinski definition) is 4. The Balaban J connectivity index is 0.000000263. The molecule has 5 aromatic carbocycles. The second kappa shape index (κ2) is 27.2. The van der Waals surface area contributed by atoms with Gasteiger partial charge in [-0.2, -0.15) is 0 Å². The van der Waals surface area contributed by atoms with Crippen LogP contribution in [0.5, 0.6) is 23.0 Å². The highest BCUT2D eigenvalue weighted by Gasteiger charge is 2.22. The number of phenols is 4. The van der Waals surface area contributed by atoms with E-state index in [1.54, 1.807) is 36.4 Å². The summed E-state index contributed by atoms with van der Waals surface area (Å²) in [5.41, 5.74) is 5.17. The molecule has 4 nitrogen and oxygen atoms in total. The first-order valence-electron chi connectivity index (χ1n) is 20.2. The zero-order chi connectivity index (χ0) is 42.2. The van der Waals surface area contributed by atoms with Gasteiger partial charge in [0.15, 0.2) is 0 Å². The first-order chi connectivity index (χ1) is 27.2. The number of rotatable bonds is 15. The van der Waals surface area contributed by atoms with Gasteiger partial charge in [0.25, 0.3) is 0 Å². The fourth-order valence-corrected chi connectivity index (χ4v) is 6.94. The molecule has 4 N–H and O–H groups in total. The summed E-state index contributed by atoms with van der Waals surface area (Å²) < 4.78 is 0. The molecule has 0 heterocycles. The number of phenolic OH excluding ortho intramolecular Hbond substituents is 4. The third-order valence-electron chi connectivity index (χ3n) is 9.84. The molecule has 0 saturated heterocycles. The molecule has 0 atom stereocenters. The summed E-state index contributed by atoms with van der Waals surface area (Å²) in [7, 11) is 0. The topological polar surface area (TPSA) is 80.9 Å². The second-order valence-corrected chi connectivity index (χ2v) is 16.4. The summed E-state index contributed by atoms with van der Waals surface area (Å²) in [6, 6.07) is 31.4. The van der Waals surface area contributed by atoms with Crippen molar-refractivity contribution in [1.82, 2.24) is 0 Å². The summed E-state index contributed by atoms with van der Waals surface area (Å²) in [6.07, 6.45) is 14.8. The molecule has 0 aromatic heterocycles. The summed E-state index contributed by atoms with van der Waals surface area (Å²) in [5, 5.41) is 40.0. The van der Waals surface area contributed by atoms with Gasteiger partial charge in [0.05, 0.1) is 15.1 Å². The van der Waals surface area contributed by atoms with E-state index in [1.807, 2.05) is 66.7 Å². The molecule has 0 aliphatic rings. The zero-order valence-electron chi connectivity index (χ0n) is 34.3. The maximum Gasteiger partial charge on any atom is 0.134 e. The highest BCUT2D eigenvalue weighted by Crippen LogP contribution is 2.37. The van der Waals surface area contributed by atoms with E-state index in [9.17, 15) is 20.4 Å². The highest BCUT2D eigenvalue weighted by atomic mass is 35.5. The van der Waals surface area contributed by atoms with Gasteiger partial charge in [-0.15, -0.1) is 0 Å². The minimum absolute atomic E-state index is 0.0236. The molecule has 0 saturated carbocycles. The molecule has 0 aliphatic heterocycles. The molecule has 0 spiro atoms. The third kappa shape index (κ3) is 18.3. The van der Waals surface area contributed by atoms with Crippen molar-refractivity contribution in [2.45, 2.75) is 124 Å². The molecule has 0 fully saturated rings. The predicted molar refractivity (Wildman–Crippen MR) is 245 cm³/mol. The lowest BCUT2D eigenvalue weighted by atomic mass is 9.82. The fourth-order valence-electron chi connectivity index (χ4n) is 5.92. The number of halogens is 4. The Morgan fingerprint density at radius 2 is 0.930 bits per heavy atom. The lowest BCUT2D eigenvalue weighted by Gasteiger charge is -2.24. The maximum atomic E-state index is 9.64. The fraction of sp³-hybridized carbons (Fsp3) is 0.388. The molecule has 0 radical (unpaired) electrons. The predicted octanol–water partition coefficient (Wildman–Crippen LogP) is 16.1. The van der Waals surface area contributed by atoms with E-state index in [1.165, 1.54) is 44.9 Å². The molecule has 8 heteroatoms. The van der Waals surface area contributed by atoms with Crippen molar-refractivity contribution in [3.05, 3.63) is 151 Å². The van der Waals surface area contributed by atoms with E-state index in [2.05, 4.69) is 34.6 Å². The Labute approximate surface area is 362 Å². The van der Waals surface area contributed by atoms with Crippen molar-refractivity contribution in [3.63, 3.8) is 0 Å². The molecule has 5 aromatic rings. The van der Waals surface area contributed by atoms with Gasteiger partial charge in [-0.05, 0) is 102 Å². The van der Waals surface area contributed by atoms with Gasteiger partial charge in [-0.1, -0.05) is 193 Å². The molecule has 0 aliphatic carbocycles. The highest BCUT2D eigenvalue weighted by molar-refractivity contribution is 6.33. The van der Waals surface area contributed by atoms with Gasteiger partial charge < -0.3 is 20.4 Å². The van der Waals surface area contributed by atoms with Crippen LogP contribution in [0.3, 0.4) is 0 Å². The Bertz CT molecular complexity index is 1880. The van der Waals surface area contributed by atoms with Crippen molar-refractivity contribution in [1.29, 1.82) is 0 Å². The van der Waals surface area contributed by atoms with Crippen LogP contribution in [0.4, 0.5) is 0 Å². The summed E-state index contributed by atoms with van der Waals surface area (Å²) in [5.74, 6) is 0.853. The van der Waals surface area contributed by atoms with Crippen molar-refractivity contribution in [3.8, 4) is 23.0 Å². The molecule has 0 amide bonds. The van der Waals surface area contributed by atoms with Crippen LogP contribution >= 0.6 is 46.4 Å². The van der Waals surface area contributed by atoms with Gasteiger partial charge in [0.2, 0.25) is 0 Å². The quantitative estimate of drug-likeness (QED) is 0.0791. The molecule has 0 bridgehead atoms. The minimum atomic E-state index is 0.0236. The largest absolute Gasteiger partial charge is 0.508 e. The van der Waals surface area contributed by atoms with Crippen molar-refractivity contribution in [2.75, 3.05) is 0 Å². The normalized spacial score (nSPS) is 10.7. The monoisotopic (exact) mass is 854 g/mol. The Morgan fingerprint density at radius 3 is 1.44 bits per heavy atom. The van der Waals surface area contributed by atoms with Crippen LogP contribution in [0.1, 0.15) is 127 Å². The number of benzene rings is 5. The molecule has 57 heavy (non-hydrogen) atoms. The van der Waals surface area contributed by atoms with Crippen molar-refractivity contribution in [2.24, 2.45) is 0 Å².